The van der Waals surface area contributed by atoms with E-state index in [9.17, 15) is 0 Å². The summed E-state index contributed by atoms with van der Waals surface area (Å²) in [7, 11) is 1.63. The molecule has 0 unspecified atom stereocenters. The Hall–Kier alpha value is -1.76. The predicted molar refractivity (Wildman–Crippen MR) is 66.0 cm³/mol. The molecule has 1 aromatic carbocycles. The van der Waals surface area contributed by atoms with Gasteiger partial charge in [-0.05, 0) is 12.1 Å². The number of nitrogens with one attached hydrogen (secondary N) is 1. The van der Waals surface area contributed by atoms with Crippen molar-refractivity contribution in [2.24, 2.45) is 0 Å². The van der Waals surface area contributed by atoms with Crippen LogP contribution in [0, 0.1) is 0 Å². The Bertz CT molecular complexity index is 458. The van der Waals surface area contributed by atoms with E-state index >= 15 is 0 Å². The zero-order chi connectivity index (χ0) is 12.6. The second-order valence-electron chi connectivity index (χ2n) is 3.62. The van der Waals surface area contributed by atoms with Crippen LogP contribution in [0.5, 0.6) is 0 Å². The van der Waals surface area contributed by atoms with Gasteiger partial charge in [-0.1, -0.05) is 18.2 Å². The van der Waals surface area contributed by atoms with Crippen molar-refractivity contribution in [1.29, 1.82) is 0 Å². The Kier molecular flexibility index (Phi) is 4.83. The van der Waals surface area contributed by atoms with Crippen molar-refractivity contribution in [3.8, 4) is 5.69 Å². The number of aromatic nitrogens is 3. The fourth-order valence-electron chi connectivity index (χ4n) is 1.38. The summed E-state index contributed by atoms with van der Waals surface area (Å²) in [4.78, 5) is 6.73. The Balaban J connectivity index is 1.83. The Morgan fingerprint density at radius 1 is 1.22 bits per heavy atom. The van der Waals surface area contributed by atoms with Crippen molar-refractivity contribution in [3.05, 3.63) is 42.2 Å². The van der Waals surface area contributed by atoms with Gasteiger partial charge in [0.25, 0.3) is 0 Å². The van der Waals surface area contributed by atoms with Gasteiger partial charge < -0.3 is 4.74 Å². The average molecular weight is 248 g/mol. The molecular weight excluding hydrogens is 232 g/mol. The quantitative estimate of drug-likeness (QED) is 0.583. The van der Waals surface area contributed by atoms with Gasteiger partial charge in [-0.15, -0.1) is 0 Å². The zero-order valence-corrected chi connectivity index (χ0v) is 10.2. The summed E-state index contributed by atoms with van der Waals surface area (Å²) >= 11 is 0. The van der Waals surface area contributed by atoms with E-state index in [1.54, 1.807) is 18.1 Å². The maximum Gasteiger partial charge on any atom is 0.0993 e. The summed E-state index contributed by atoms with van der Waals surface area (Å²) in [6.45, 7) is 1.57. The van der Waals surface area contributed by atoms with E-state index < -0.39 is 0 Å². The summed E-state index contributed by atoms with van der Waals surface area (Å²) in [5.41, 5.74) is 4.56. The topological polar surface area (TPSA) is 61.2 Å². The third-order valence-corrected chi connectivity index (χ3v) is 2.27. The Labute approximate surface area is 105 Å². The van der Waals surface area contributed by atoms with Gasteiger partial charge in [0, 0.05) is 7.11 Å². The van der Waals surface area contributed by atoms with Gasteiger partial charge >= 0.3 is 0 Å². The molecule has 0 spiro atoms. The second kappa shape index (κ2) is 6.85. The Morgan fingerprint density at radius 3 is 2.83 bits per heavy atom. The van der Waals surface area contributed by atoms with E-state index in [1.165, 1.54) is 0 Å². The number of hydrogen-bond donors (Lipinski definition) is 1. The van der Waals surface area contributed by atoms with Gasteiger partial charge in [0.05, 0.1) is 37.3 Å². The number of benzene rings is 1. The summed E-state index contributed by atoms with van der Waals surface area (Å²) in [6, 6.07) is 9.76. The van der Waals surface area contributed by atoms with Gasteiger partial charge in [-0.25, -0.2) is 0 Å². The molecule has 0 atom stereocenters. The number of hydrogen-bond acceptors (Lipinski definition) is 5. The van der Waals surface area contributed by atoms with E-state index in [2.05, 4.69) is 15.7 Å². The second-order valence-corrected chi connectivity index (χ2v) is 3.62. The van der Waals surface area contributed by atoms with Gasteiger partial charge in [0.1, 0.15) is 0 Å². The SMILES string of the molecule is COCCONCc1cnn(-c2ccccc2)n1. The zero-order valence-electron chi connectivity index (χ0n) is 10.2. The first-order valence-electron chi connectivity index (χ1n) is 5.70. The number of nitrogens with zero attached hydrogens (tertiary/aromatic N) is 3. The standard InChI is InChI=1S/C12H16N4O2/c1-17-7-8-18-14-10-11-9-13-16(15-11)12-5-3-2-4-6-12/h2-6,9,14H,7-8,10H2,1H3. The minimum atomic E-state index is 0.503. The molecule has 0 bridgehead atoms. The van der Waals surface area contributed by atoms with Crippen LogP contribution in [0.15, 0.2) is 36.5 Å². The third-order valence-electron chi connectivity index (χ3n) is 2.27. The smallest absolute Gasteiger partial charge is 0.0993 e. The largest absolute Gasteiger partial charge is 0.382 e. The molecule has 0 aliphatic carbocycles. The summed E-state index contributed by atoms with van der Waals surface area (Å²) in [6.07, 6.45) is 1.71. The molecule has 96 valence electrons. The molecule has 0 fully saturated rings. The third kappa shape index (κ3) is 3.63. The van der Waals surface area contributed by atoms with Crippen LogP contribution in [-0.2, 0) is 16.1 Å². The van der Waals surface area contributed by atoms with E-state index in [4.69, 9.17) is 9.57 Å². The predicted octanol–water partition coefficient (Wildman–Crippen LogP) is 0.935. The molecule has 6 heteroatoms. The normalized spacial score (nSPS) is 10.7. The van der Waals surface area contributed by atoms with Crippen LogP contribution in [0.25, 0.3) is 5.69 Å². The average Bonchev–Trinajstić information content (AvgIpc) is 2.88. The van der Waals surface area contributed by atoms with Crippen LogP contribution in [0.4, 0.5) is 0 Å². The highest BCUT2D eigenvalue weighted by Gasteiger charge is 2.01. The molecule has 1 aromatic heterocycles. The first-order chi connectivity index (χ1) is 8.90. The highest BCUT2D eigenvalue weighted by Crippen LogP contribution is 2.03. The highest BCUT2D eigenvalue weighted by molar-refractivity contribution is 5.28. The molecule has 6 nitrogen and oxygen atoms in total. The van der Waals surface area contributed by atoms with E-state index in [0.29, 0.717) is 19.8 Å². The molecule has 1 N–H and O–H groups in total. The minimum absolute atomic E-state index is 0.503. The van der Waals surface area contributed by atoms with Crippen molar-refractivity contribution in [3.63, 3.8) is 0 Å². The van der Waals surface area contributed by atoms with Crippen molar-refractivity contribution < 1.29 is 9.57 Å². The van der Waals surface area contributed by atoms with Crippen LogP contribution in [0.1, 0.15) is 5.69 Å². The number of ether oxygens (including phenoxy) is 1. The molecule has 0 aliphatic rings. The van der Waals surface area contributed by atoms with Crippen LogP contribution < -0.4 is 5.48 Å². The van der Waals surface area contributed by atoms with E-state index in [1.807, 2.05) is 30.3 Å². The van der Waals surface area contributed by atoms with Gasteiger partial charge in [-0.3, -0.25) is 4.84 Å². The van der Waals surface area contributed by atoms with Gasteiger partial charge in [0.15, 0.2) is 0 Å². The number of hydroxylamine groups is 1. The lowest BCUT2D eigenvalue weighted by molar-refractivity contribution is 0.00295. The monoisotopic (exact) mass is 248 g/mol. The number of rotatable bonds is 7. The fraction of sp³-hybridized carbons (Fsp3) is 0.333. The minimum Gasteiger partial charge on any atom is -0.382 e. The molecular formula is C12H16N4O2. The lowest BCUT2D eigenvalue weighted by Gasteiger charge is -2.02. The molecule has 0 saturated carbocycles. The maximum absolute atomic E-state index is 5.14. The number of methoxy groups -OCH3 is 1. The molecule has 2 rings (SSSR count). The fourth-order valence-corrected chi connectivity index (χ4v) is 1.38. The molecule has 0 amide bonds. The van der Waals surface area contributed by atoms with Crippen molar-refractivity contribution >= 4 is 0 Å². The summed E-state index contributed by atoms with van der Waals surface area (Å²) in [5, 5.41) is 8.52. The first-order valence-corrected chi connectivity index (χ1v) is 5.70. The molecule has 0 radical (unpaired) electrons. The lowest BCUT2D eigenvalue weighted by Crippen LogP contribution is -2.17. The summed E-state index contributed by atoms with van der Waals surface area (Å²) in [5.74, 6) is 0. The van der Waals surface area contributed by atoms with E-state index in [-0.39, 0.29) is 0 Å². The molecule has 18 heavy (non-hydrogen) atoms. The van der Waals surface area contributed by atoms with Crippen LogP contribution >= 0.6 is 0 Å². The van der Waals surface area contributed by atoms with Gasteiger partial charge in [0.2, 0.25) is 0 Å². The highest BCUT2D eigenvalue weighted by atomic mass is 16.7. The number of para-hydroxylation sites is 1. The Morgan fingerprint density at radius 2 is 2.06 bits per heavy atom. The molecule has 1 heterocycles. The van der Waals surface area contributed by atoms with Crippen molar-refractivity contribution in [1.82, 2.24) is 20.5 Å². The lowest BCUT2D eigenvalue weighted by atomic mass is 10.3. The van der Waals surface area contributed by atoms with Crippen LogP contribution in [0.2, 0.25) is 0 Å². The summed E-state index contributed by atoms with van der Waals surface area (Å²) < 4.78 is 4.86. The molecule has 2 aromatic rings. The van der Waals surface area contributed by atoms with E-state index in [0.717, 1.165) is 11.4 Å². The van der Waals surface area contributed by atoms with Crippen LogP contribution in [-0.4, -0.2) is 35.3 Å². The van der Waals surface area contributed by atoms with Gasteiger partial charge in [-0.2, -0.15) is 20.5 Å². The molecule has 0 aliphatic heterocycles. The maximum atomic E-state index is 5.14. The van der Waals surface area contributed by atoms with Crippen molar-refractivity contribution in [2.75, 3.05) is 20.3 Å². The van der Waals surface area contributed by atoms with Crippen LogP contribution in [0.3, 0.4) is 0 Å². The van der Waals surface area contributed by atoms with Crippen molar-refractivity contribution in [2.45, 2.75) is 6.54 Å². The first kappa shape index (κ1) is 12.7. The molecule has 0 saturated heterocycles.